The maximum absolute atomic E-state index is 12.1. The fourth-order valence-corrected chi connectivity index (χ4v) is 4.70. The summed E-state index contributed by atoms with van der Waals surface area (Å²) < 4.78 is 11.8. The average molecular weight is 460 g/mol. The molecule has 174 valence electrons. The van der Waals surface area contributed by atoms with Crippen molar-refractivity contribution in [2.24, 2.45) is 0 Å². The molecule has 6 rings (SSSR count). The molecule has 1 aromatic carbocycles. The molecule has 5 heterocycles. The maximum atomic E-state index is 12.1. The number of hydrogen-bond donors (Lipinski definition) is 3. The van der Waals surface area contributed by atoms with Gasteiger partial charge in [-0.25, -0.2) is 9.97 Å². The number of aliphatic hydroxyl groups excluding tert-OH is 1. The predicted molar refractivity (Wildman–Crippen MR) is 128 cm³/mol. The van der Waals surface area contributed by atoms with Crippen LogP contribution in [0.2, 0.25) is 0 Å². The minimum Gasteiger partial charge on any atom is -0.485 e. The van der Waals surface area contributed by atoms with Gasteiger partial charge in [-0.05, 0) is 37.6 Å². The van der Waals surface area contributed by atoms with Crippen LogP contribution in [-0.2, 0) is 4.79 Å². The topological polar surface area (TPSA) is 109 Å². The highest BCUT2D eigenvalue weighted by molar-refractivity contribution is 5.96. The van der Waals surface area contributed by atoms with Gasteiger partial charge in [-0.1, -0.05) is 0 Å². The zero-order chi connectivity index (χ0) is 23.2. The van der Waals surface area contributed by atoms with Gasteiger partial charge in [-0.2, -0.15) is 0 Å². The van der Waals surface area contributed by atoms with Crippen molar-refractivity contribution in [3.05, 3.63) is 48.3 Å². The lowest BCUT2D eigenvalue weighted by molar-refractivity contribution is -0.117. The molecule has 0 radical (unpaired) electrons. The van der Waals surface area contributed by atoms with Gasteiger partial charge in [0.1, 0.15) is 24.3 Å². The van der Waals surface area contributed by atoms with Crippen LogP contribution in [0.25, 0.3) is 11.1 Å². The highest BCUT2D eigenvalue weighted by atomic mass is 16.5. The molecule has 0 aliphatic carbocycles. The summed E-state index contributed by atoms with van der Waals surface area (Å²) in [5, 5.41) is 15.9. The number of carbonyl (C=O) groups is 1. The van der Waals surface area contributed by atoms with E-state index in [4.69, 9.17) is 9.47 Å². The van der Waals surface area contributed by atoms with Crippen molar-refractivity contribution in [2.75, 3.05) is 35.3 Å². The third-order valence-corrected chi connectivity index (χ3v) is 6.44. The lowest BCUT2D eigenvalue weighted by Gasteiger charge is -2.28. The number of ether oxygens (including phenoxy) is 2. The molecule has 1 fully saturated rings. The molecular weight excluding hydrogens is 434 g/mol. The molecule has 3 N–H and O–H groups in total. The van der Waals surface area contributed by atoms with Crippen molar-refractivity contribution in [1.29, 1.82) is 0 Å². The van der Waals surface area contributed by atoms with Crippen LogP contribution in [0.3, 0.4) is 0 Å². The van der Waals surface area contributed by atoms with Crippen molar-refractivity contribution < 1.29 is 19.4 Å². The molecule has 1 unspecified atom stereocenters. The van der Waals surface area contributed by atoms with E-state index in [0.29, 0.717) is 24.7 Å². The molecule has 2 aromatic heterocycles. The van der Waals surface area contributed by atoms with E-state index < -0.39 is 0 Å². The van der Waals surface area contributed by atoms with Crippen LogP contribution in [0.1, 0.15) is 31.4 Å². The maximum Gasteiger partial charge on any atom is 0.237 e. The first kappa shape index (κ1) is 20.7. The quantitative estimate of drug-likeness (QED) is 0.543. The molecule has 1 amide bonds. The SMILES string of the molecule is CC1Oc2cc(N3CCCC3=O)ccc2-c2cnc(Nc3cnc4c(c3)N[C@@H](CO)CO4)cc21. The zero-order valence-electron chi connectivity index (χ0n) is 18.7. The normalized spacial score (nSPS) is 20.4. The van der Waals surface area contributed by atoms with E-state index in [1.54, 1.807) is 6.20 Å². The van der Waals surface area contributed by atoms with Gasteiger partial charge in [0.05, 0.1) is 30.2 Å². The van der Waals surface area contributed by atoms with Crippen molar-refractivity contribution in [1.82, 2.24) is 9.97 Å². The molecule has 3 aromatic rings. The predicted octanol–water partition coefficient (Wildman–Crippen LogP) is 3.63. The second-order valence-corrected chi connectivity index (χ2v) is 8.78. The number of benzene rings is 1. The second-order valence-electron chi connectivity index (χ2n) is 8.78. The van der Waals surface area contributed by atoms with Gasteiger partial charge in [0.25, 0.3) is 0 Å². The lowest BCUT2D eigenvalue weighted by Crippen LogP contribution is -2.34. The first-order valence-electron chi connectivity index (χ1n) is 11.5. The monoisotopic (exact) mass is 459 g/mol. The molecule has 0 bridgehead atoms. The summed E-state index contributed by atoms with van der Waals surface area (Å²) in [6.07, 6.45) is 4.86. The van der Waals surface area contributed by atoms with Gasteiger partial charge in [-0.15, -0.1) is 0 Å². The molecule has 1 saturated heterocycles. The van der Waals surface area contributed by atoms with Crippen molar-refractivity contribution in [2.45, 2.75) is 31.9 Å². The van der Waals surface area contributed by atoms with E-state index in [1.807, 2.05) is 48.4 Å². The second kappa shape index (κ2) is 8.18. The van der Waals surface area contributed by atoms with Crippen molar-refractivity contribution in [3.63, 3.8) is 0 Å². The number of aliphatic hydroxyl groups is 1. The average Bonchev–Trinajstić information content (AvgIpc) is 3.29. The molecule has 34 heavy (non-hydrogen) atoms. The summed E-state index contributed by atoms with van der Waals surface area (Å²) in [5.74, 6) is 2.12. The van der Waals surface area contributed by atoms with E-state index in [0.717, 1.165) is 52.5 Å². The Balaban J connectivity index is 1.27. The third kappa shape index (κ3) is 3.58. The molecule has 0 saturated carbocycles. The Labute approximate surface area is 196 Å². The summed E-state index contributed by atoms with van der Waals surface area (Å²) in [7, 11) is 0. The Bertz CT molecular complexity index is 1280. The number of anilines is 4. The summed E-state index contributed by atoms with van der Waals surface area (Å²) in [4.78, 5) is 22.9. The number of aromatic nitrogens is 2. The number of hydrogen-bond acceptors (Lipinski definition) is 8. The third-order valence-electron chi connectivity index (χ3n) is 6.44. The number of nitrogens with one attached hydrogen (secondary N) is 2. The van der Waals surface area contributed by atoms with Crippen LogP contribution >= 0.6 is 0 Å². The largest absolute Gasteiger partial charge is 0.485 e. The number of amides is 1. The number of carbonyl (C=O) groups excluding carboxylic acids is 1. The number of fused-ring (bicyclic) bond motifs is 4. The Morgan fingerprint density at radius 1 is 1.21 bits per heavy atom. The van der Waals surface area contributed by atoms with Crippen molar-refractivity contribution >= 4 is 28.8 Å². The van der Waals surface area contributed by atoms with E-state index >= 15 is 0 Å². The Kier molecular flexibility index (Phi) is 4.99. The standard InChI is InChI=1S/C25H25N5O4/c1-14-19-9-23(29-15-7-21-25(27-10-15)33-13-16(12-31)28-21)26-11-20(19)18-5-4-17(8-22(18)34-14)30-6-2-3-24(30)32/h4-5,7-11,14,16,28,31H,2-3,6,12-13H2,1H3,(H,26,29)/t14?,16-/m0/s1. The highest BCUT2D eigenvalue weighted by Crippen LogP contribution is 2.44. The molecule has 9 nitrogen and oxygen atoms in total. The fourth-order valence-electron chi connectivity index (χ4n) is 4.70. The summed E-state index contributed by atoms with van der Waals surface area (Å²) in [6, 6.07) is 9.66. The minimum absolute atomic E-state index is 0.0152. The fraction of sp³-hybridized carbons (Fsp3) is 0.320. The summed E-state index contributed by atoms with van der Waals surface area (Å²) in [6.45, 7) is 3.12. The van der Waals surface area contributed by atoms with Crippen LogP contribution in [-0.4, -0.2) is 46.8 Å². The number of rotatable bonds is 4. The van der Waals surface area contributed by atoms with Crippen LogP contribution in [0.15, 0.2) is 42.7 Å². The van der Waals surface area contributed by atoms with Gasteiger partial charge in [0, 0.05) is 47.6 Å². The lowest BCUT2D eigenvalue weighted by atomic mass is 9.94. The van der Waals surface area contributed by atoms with Crippen LogP contribution in [0, 0.1) is 0 Å². The first-order valence-corrected chi connectivity index (χ1v) is 11.5. The molecule has 0 spiro atoms. The van der Waals surface area contributed by atoms with Gasteiger partial charge in [0.2, 0.25) is 11.8 Å². The van der Waals surface area contributed by atoms with Crippen molar-refractivity contribution in [3.8, 4) is 22.8 Å². The van der Waals surface area contributed by atoms with E-state index in [-0.39, 0.29) is 24.7 Å². The van der Waals surface area contributed by atoms with Crippen LogP contribution < -0.4 is 25.0 Å². The van der Waals surface area contributed by atoms with Gasteiger partial charge < -0.3 is 30.1 Å². The van der Waals surface area contributed by atoms with Crippen LogP contribution in [0.4, 0.5) is 22.9 Å². The number of nitrogens with zero attached hydrogens (tertiary/aromatic N) is 3. The van der Waals surface area contributed by atoms with Crippen LogP contribution in [0.5, 0.6) is 11.6 Å². The smallest absolute Gasteiger partial charge is 0.237 e. The summed E-state index contributed by atoms with van der Waals surface area (Å²) >= 11 is 0. The summed E-state index contributed by atoms with van der Waals surface area (Å²) in [5.41, 5.74) is 5.38. The Morgan fingerprint density at radius 3 is 2.94 bits per heavy atom. The van der Waals surface area contributed by atoms with E-state index in [2.05, 4.69) is 20.6 Å². The molecule has 2 atom stereocenters. The van der Waals surface area contributed by atoms with E-state index in [1.165, 1.54) is 0 Å². The highest BCUT2D eigenvalue weighted by Gasteiger charge is 2.27. The zero-order valence-corrected chi connectivity index (χ0v) is 18.7. The van der Waals surface area contributed by atoms with Gasteiger partial charge >= 0.3 is 0 Å². The Hall–Kier alpha value is -3.85. The first-order chi connectivity index (χ1) is 16.6. The molecular formula is C25H25N5O4. The van der Waals surface area contributed by atoms with Gasteiger partial charge in [0.15, 0.2) is 0 Å². The number of pyridine rings is 2. The molecule has 3 aliphatic rings. The minimum atomic E-state index is -0.169. The molecule has 3 aliphatic heterocycles. The van der Waals surface area contributed by atoms with Gasteiger partial charge in [-0.3, -0.25) is 4.79 Å². The molecule has 9 heteroatoms. The van der Waals surface area contributed by atoms with E-state index in [9.17, 15) is 9.90 Å². The Morgan fingerprint density at radius 2 is 2.12 bits per heavy atom.